The van der Waals surface area contributed by atoms with Crippen molar-refractivity contribution in [3.8, 4) is 0 Å². The molecule has 2 aliphatic rings. The number of nitrogens with one attached hydrogen (secondary N) is 1. The molecule has 0 aromatic heterocycles. The molecule has 2 heterocycles. The number of carbonyl (C=O) groups is 1. The van der Waals surface area contributed by atoms with Gasteiger partial charge in [0.05, 0.1) is 5.92 Å². The molecule has 2 fully saturated rings. The molecule has 0 saturated carbocycles. The fourth-order valence-electron chi connectivity index (χ4n) is 3.37. The van der Waals surface area contributed by atoms with E-state index in [9.17, 15) is 4.79 Å². The van der Waals surface area contributed by atoms with Crippen molar-refractivity contribution in [3.05, 3.63) is 30.3 Å². The molecule has 0 radical (unpaired) electrons. The Bertz CT molecular complexity index is 431. The third-order valence-electron chi connectivity index (χ3n) is 4.27. The normalized spacial score (nSPS) is 29.5. The topological polar surface area (TPSA) is 32.3 Å². The third kappa shape index (κ3) is 1.93. The average molecular weight is 244 g/mol. The Morgan fingerprint density at radius 3 is 2.67 bits per heavy atom. The third-order valence-corrected chi connectivity index (χ3v) is 4.27. The van der Waals surface area contributed by atoms with Gasteiger partial charge in [0.15, 0.2) is 0 Å². The Balaban J connectivity index is 1.78. The standard InChI is InChI=1S/C15H20N2O/c1-2-17(12-6-4-3-5-7-12)15(18)13-10-11-8-9-14(13)16-11/h3-7,11,13-14,16H,2,8-10H2,1H3. The fraction of sp³-hybridized carbons (Fsp3) is 0.533. The minimum atomic E-state index is 0.184. The van der Waals surface area contributed by atoms with E-state index < -0.39 is 0 Å². The number of carbonyl (C=O) groups excluding carboxylic acids is 1. The van der Waals surface area contributed by atoms with Crippen LogP contribution in [0.5, 0.6) is 0 Å². The minimum Gasteiger partial charge on any atom is -0.312 e. The van der Waals surface area contributed by atoms with Crippen LogP contribution in [0.2, 0.25) is 0 Å². The summed E-state index contributed by atoms with van der Waals surface area (Å²) in [5, 5.41) is 3.54. The van der Waals surface area contributed by atoms with E-state index in [1.54, 1.807) is 0 Å². The summed E-state index contributed by atoms with van der Waals surface area (Å²) in [6.07, 6.45) is 3.42. The maximum atomic E-state index is 12.7. The van der Waals surface area contributed by atoms with Gasteiger partial charge in [-0.25, -0.2) is 0 Å². The number of hydrogen-bond donors (Lipinski definition) is 1. The van der Waals surface area contributed by atoms with Gasteiger partial charge in [-0.05, 0) is 38.3 Å². The first-order valence-electron chi connectivity index (χ1n) is 6.92. The molecule has 1 N–H and O–H groups in total. The number of para-hydroxylation sites is 1. The van der Waals surface area contributed by atoms with E-state index in [2.05, 4.69) is 5.32 Å². The van der Waals surface area contributed by atoms with Crippen molar-refractivity contribution < 1.29 is 4.79 Å². The van der Waals surface area contributed by atoms with Gasteiger partial charge in [-0.3, -0.25) is 4.79 Å². The number of fused-ring (bicyclic) bond motifs is 2. The fourth-order valence-corrected chi connectivity index (χ4v) is 3.37. The van der Waals surface area contributed by atoms with E-state index in [0.29, 0.717) is 18.0 Å². The number of nitrogens with zero attached hydrogens (tertiary/aromatic N) is 1. The summed E-state index contributed by atoms with van der Waals surface area (Å²) in [4.78, 5) is 14.6. The van der Waals surface area contributed by atoms with Crippen molar-refractivity contribution in [2.45, 2.75) is 38.3 Å². The van der Waals surface area contributed by atoms with Gasteiger partial charge in [0.25, 0.3) is 0 Å². The van der Waals surface area contributed by atoms with E-state index in [1.807, 2.05) is 42.2 Å². The maximum Gasteiger partial charge on any atom is 0.231 e. The van der Waals surface area contributed by atoms with Crippen LogP contribution < -0.4 is 10.2 Å². The second kappa shape index (κ2) is 4.73. The summed E-state index contributed by atoms with van der Waals surface area (Å²) < 4.78 is 0. The zero-order valence-corrected chi connectivity index (χ0v) is 10.8. The van der Waals surface area contributed by atoms with Crippen molar-refractivity contribution in [1.82, 2.24) is 5.32 Å². The summed E-state index contributed by atoms with van der Waals surface area (Å²) >= 11 is 0. The summed E-state index contributed by atoms with van der Waals surface area (Å²) in [5.41, 5.74) is 1.02. The Labute approximate surface area is 108 Å². The van der Waals surface area contributed by atoms with E-state index >= 15 is 0 Å². The maximum absolute atomic E-state index is 12.7. The van der Waals surface area contributed by atoms with E-state index in [0.717, 1.165) is 25.1 Å². The summed E-state index contributed by atoms with van der Waals surface area (Å²) in [7, 11) is 0. The van der Waals surface area contributed by atoms with Crippen molar-refractivity contribution in [2.24, 2.45) is 5.92 Å². The SMILES string of the molecule is CCN(C(=O)C1CC2CCC1N2)c1ccccc1. The largest absolute Gasteiger partial charge is 0.312 e. The van der Waals surface area contributed by atoms with Gasteiger partial charge in [-0.1, -0.05) is 18.2 Å². The van der Waals surface area contributed by atoms with Gasteiger partial charge >= 0.3 is 0 Å². The molecule has 1 aromatic carbocycles. The smallest absolute Gasteiger partial charge is 0.231 e. The second-order valence-electron chi connectivity index (χ2n) is 5.31. The first kappa shape index (κ1) is 11.7. The zero-order valence-electron chi connectivity index (χ0n) is 10.8. The van der Waals surface area contributed by atoms with Gasteiger partial charge in [0.1, 0.15) is 0 Å². The molecule has 1 aromatic rings. The van der Waals surface area contributed by atoms with Gasteiger partial charge in [-0.2, -0.15) is 0 Å². The monoisotopic (exact) mass is 244 g/mol. The molecule has 18 heavy (non-hydrogen) atoms. The summed E-state index contributed by atoms with van der Waals surface area (Å²) in [6.45, 7) is 2.79. The molecule has 2 bridgehead atoms. The zero-order chi connectivity index (χ0) is 12.5. The quantitative estimate of drug-likeness (QED) is 0.884. The number of hydrogen-bond acceptors (Lipinski definition) is 2. The minimum absolute atomic E-state index is 0.184. The molecule has 3 rings (SSSR count). The predicted molar refractivity (Wildman–Crippen MR) is 72.5 cm³/mol. The molecule has 96 valence electrons. The molecular formula is C15H20N2O. The molecule has 1 amide bonds. The van der Waals surface area contributed by atoms with Crippen LogP contribution in [-0.2, 0) is 4.79 Å². The number of benzene rings is 1. The molecule has 3 nitrogen and oxygen atoms in total. The first-order chi connectivity index (χ1) is 8.79. The molecule has 3 heteroatoms. The van der Waals surface area contributed by atoms with Crippen LogP contribution in [0.25, 0.3) is 0 Å². The molecule has 3 atom stereocenters. The van der Waals surface area contributed by atoms with Gasteiger partial charge < -0.3 is 10.2 Å². The van der Waals surface area contributed by atoms with Crippen molar-refractivity contribution in [3.63, 3.8) is 0 Å². The lowest BCUT2D eigenvalue weighted by atomic mass is 9.88. The average Bonchev–Trinajstić information content (AvgIpc) is 3.03. The molecule has 3 unspecified atom stereocenters. The first-order valence-corrected chi connectivity index (χ1v) is 6.92. The number of amides is 1. The highest BCUT2D eigenvalue weighted by Gasteiger charge is 2.44. The van der Waals surface area contributed by atoms with E-state index in [-0.39, 0.29) is 5.92 Å². The highest BCUT2D eigenvalue weighted by molar-refractivity contribution is 5.95. The van der Waals surface area contributed by atoms with Crippen molar-refractivity contribution >= 4 is 11.6 Å². The van der Waals surface area contributed by atoms with Crippen LogP contribution in [-0.4, -0.2) is 24.5 Å². The second-order valence-corrected chi connectivity index (χ2v) is 5.31. The Morgan fingerprint density at radius 2 is 2.11 bits per heavy atom. The van der Waals surface area contributed by atoms with Crippen LogP contribution in [0, 0.1) is 5.92 Å². The van der Waals surface area contributed by atoms with Crippen LogP contribution in [0.3, 0.4) is 0 Å². The molecule has 2 saturated heterocycles. The predicted octanol–water partition coefficient (Wildman–Crippen LogP) is 2.18. The summed E-state index contributed by atoms with van der Waals surface area (Å²) in [6, 6.07) is 11.0. The lowest BCUT2D eigenvalue weighted by molar-refractivity contribution is -0.122. The highest BCUT2D eigenvalue weighted by Crippen LogP contribution is 2.35. The van der Waals surface area contributed by atoms with E-state index in [1.165, 1.54) is 6.42 Å². The Kier molecular flexibility index (Phi) is 3.08. The van der Waals surface area contributed by atoms with Gasteiger partial charge in [-0.15, -0.1) is 0 Å². The number of rotatable bonds is 3. The Morgan fingerprint density at radius 1 is 1.33 bits per heavy atom. The summed E-state index contributed by atoms with van der Waals surface area (Å²) in [5.74, 6) is 0.479. The number of anilines is 1. The molecular weight excluding hydrogens is 224 g/mol. The molecule has 0 aliphatic carbocycles. The highest BCUT2D eigenvalue weighted by atomic mass is 16.2. The van der Waals surface area contributed by atoms with E-state index in [4.69, 9.17) is 0 Å². The van der Waals surface area contributed by atoms with Crippen molar-refractivity contribution in [2.75, 3.05) is 11.4 Å². The molecule has 2 aliphatic heterocycles. The Hall–Kier alpha value is -1.35. The van der Waals surface area contributed by atoms with Gasteiger partial charge in [0, 0.05) is 24.3 Å². The van der Waals surface area contributed by atoms with Crippen LogP contribution >= 0.6 is 0 Å². The van der Waals surface area contributed by atoms with Crippen molar-refractivity contribution in [1.29, 1.82) is 0 Å². The van der Waals surface area contributed by atoms with Gasteiger partial charge in [0.2, 0.25) is 5.91 Å². The molecule has 0 spiro atoms. The van der Waals surface area contributed by atoms with Crippen LogP contribution in [0.4, 0.5) is 5.69 Å². The lowest BCUT2D eigenvalue weighted by Gasteiger charge is -2.28. The van der Waals surface area contributed by atoms with Crippen LogP contribution in [0.15, 0.2) is 30.3 Å². The van der Waals surface area contributed by atoms with Crippen LogP contribution in [0.1, 0.15) is 26.2 Å². The lowest BCUT2D eigenvalue weighted by Crippen LogP contribution is -2.41.